The molecule has 2 nitrogen and oxygen atoms in total. The zero-order valence-corrected chi connectivity index (χ0v) is 12.9. The van der Waals surface area contributed by atoms with Crippen molar-refractivity contribution < 1.29 is 4.74 Å². The molecule has 0 saturated heterocycles. The van der Waals surface area contributed by atoms with Gasteiger partial charge < -0.3 is 10.1 Å². The molecule has 2 rings (SSSR count). The molecule has 19 heavy (non-hydrogen) atoms. The Kier molecular flexibility index (Phi) is 4.19. The first-order valence-electron chi connectivity index (χ1n) is 7.32. The average Bonchev–Trinajstić information content (AvgIpc) is 2.33. The second-order valence-electron chi connectivity index (χ2n) is 6.73. The molecule has 0 bridgehead atoms. The molecule has 0 radical (unpaired) electrons. The van der Waals surface area contributed by atoms with Crippen LogP contribution in [0.3, 0.4) is 0 Å². The molecule has 2 unspecified atom stereocenters. The van der Waals surface area contributed by atoms with E-state index in [4.69, 9.17) is 4.74 Å². The third-order valence-corrected chi connectivity index (χ3v) is 4.33. The van der Waals surface area contributed by atoms with Crippen molar-refractivity contribution in [3.05, 3.63) is 29.3 Å². The van der Waals surface area contributed by atoms with Crippen LogP contribution in [0.5, 0.6) is 5.75 Å². The summed E-state index contributed by atoms with van der Waals surface area (Å²) in [6.07, 6.45) is 3.85. The molecule has 1 saturated carbocycles. The van der Waals surface area contributed by atoms with Crippen molar-refractivity contribution in [1.82, 2.24) is 5.32 Å². The number of likely N-dealkylation sites (N-methyl/N-ethyl adjacent to an activating group) is 1. The number of nitrogens with one attached hydrogen (secondary N) is 1. The molecule has 0 spiro atoms. The van der Waals surface area contributed by atoms with Gasteiger partial charge in [0.15, 0.2) is 0 Å². The fraction of sp³-hybridized carbons (Fsp3) is 0.647. The lowest BCUT2D eigenvalue weighted by Gasteiger charge is -2.40. The lowest BCUT2D eigenvalue weighted by Crippen LogP contribution is -2.47. The fourth-order valence-corrected chi connectivity index (χ4v) is 2.97. The largest absolute Gasteiger partial charge is 0.489 e. The molecule has 0 aliphatic heterocycles. The fourth-order valence-electron chi connectivity index (χ4n) is 2.97. The Bertz CT molecular complexity index is 439. The highest BCUT2D eigenvalue weighted by Crippen LogP contribution is 2.37. The van der Waals surface area contributed by atoms with Gasteiger partial charge in [0.25, 0.3) is 0 Å². The van der Waals surface area contributed by atoms with Crippen molar-refractivity contribution in [1.29, 1.82) is 0 Å². The lowest BCUT2D eigenvalue weighted by atomic mass is 9.74. The summed E-state index contributed by atoms with van der Waals surface area (Å²) in [4.78, 5) is 0. The summed E-state index contributed by atoms with van der Waals surface area (Å²) in [7, 11) is 2.04. The van der Waals surface area contributed by atoms with Crippen LogP contribution < -0.4 is 10.1 Å². The summed E-state index contributed by atoms with van der Waals surface area (Å²) in [5.74, 6) is 1.04. The topological polar surface area (TPSA) is 21.3 Å². The number of ether oxygens (including phenoxy) is 1. The molecule has 1 fully saturated rings. The molecule has 1 aliphatic rings. The minimum atomic E-state index is 0.272. The third-order valence-electron chi connectivity index (χ3n) is 4.33. The van der Waals surface area contributed by atoms with Gasteiger partial charge in [-0.1, -0.05) is 26.0 Å². The van der Waals surface area contributed by atoms with Crippen LogP contribution in [0.2, 0.25) is 0 Å². The number of hydrogen-bond donors (Lipinski definition) is 1. The molecule has 1 aromatic carbocycles. The first kappa shape index (κ1) is 14.4. The van der Waals surface area contributed by atoms with Gasteiger partial charge >= 0.3 is 0 Å². The predicted octanol–water partition coefficient (Wildman–Crippen LogP) is 3.85. The van der Waals surface area contributed by atoms with E-state index in [1.54, 1.807) is 0 Å². The van der Waals surface area contributed by atoms with E-state index in [1.807, 2.05) is 7.05 Å². The van der Waals surface area contributed by atoms with Gasteiger partial charge in [-0.15, -0.1) is 0 Å². The molecule has 1 N–H and O–H groups in total. The van der Waals surface area contributed by atoms with Gasteiger partial charge in [-0.05, 0) is 62.8 Å². The molecule has 2 atom stereocenters. The van der Waals surface area contributed by atoms with Gasteiger partial charge in [0.1, 0.15) is 11.9 Å². The van der Waals surface area contributed by atoms with Crippen molar-refractivity contribution in [3.8, 4) is 5.75 Å². The van der Waals surface area contributed by atoms with E-state index in [0.29, 0.717) is 11.5 Å². The highest BCUT2D eigenvalue weighted by atomic mass is 16.5. The van der Waals surface area contributed by atoms with Crippen LogP contribution in [0.4, 0.5) is 0 Å². The van der Waals surface area contributed by atoms with Crippen molar-refractivity contribution in [3.63, 3.8) is 0 Å². The van der Waals surface area contributed by atoms with E-state index >= 15 is 0 Å². The number of aryl methyl sites for hydroxylation is 2. The van der Waals surface area contributed by atoms with Gasteiger partial charge in [-0.25, -0.2) is 0 Å². The molecule has 1 aromatic rings. The van der Waals surface area contributed by atoms with Gasteiger partial charge in [-0.3, -0.25) is 0 Å². The van der Waals surface area contributed by atoms with Crippen molar-refractivity contribution in [2.24, 2.45) is 5.41 Å². The molecule has 0 aromatic heterocycles. The average molecular weight is 261 g/mol. The first-order chi connectivity index (χ1) is 8.91. The summed E-state index contributed by atoms with van der Waals surface area (Å²) in [5, 5.41) is 3.42. The Morgan fingerprint density at radius 3 is 2.68 bits per heavy atom. The second kappa shape index (κ2) is 5.54. The number of benzene rings is 1. The molecule has 0 heterocycles. The van der Waals surface area contributed by atoms with E-state index in [-0.39, 0.29) is 6.10 Å². The Morgan fingerprint density at radius 1 is 1.26 bits per heavy atom. The number of rotatable bonds is 3. The van der Waals surface area contributed by atoms with E-state index < -0.39 is 0 Å². The Balaban J connectivity index is 2.16. The molecule has 0 amide bonds. The minimum Gasteiger partial charge on any atom is -0.489 e. The maximum atomic E-state index is 6.34. The van der Waals surface area contributed by atoms with E-state index in [0.717, 1.165) is 12.2 Å². The Morgan fingerprint density at radius 2 is 2.00 bits per heavy atom. The summed E-state index contributed by atoms with van der Waals surface area (Å²) < 4.78 is 6.34. The second-order valence-corrected chi connectivity index (χ2v) is 6.73. The Labute approximate surface area is 117 Å². The molecule has 106 valence electrons. The maximum absolute atomic E-state index is 6.34. The minimum absolute atomic E-state index is 0.272. The highest BCUT2D eigenvalue weighted by Gasteiger charge is 2.35. The molecule has 1 aliphatic carbocycles. The maximum Gasteiger partial charge on any atom is 0.122 e. The lowest BCUT2D eigenvalue weighted by molar-refractivity contribution is 0.0554. The van der Waals surface area contributed by atoms with Crippen LogP contribution in [-0.4, -0.2) is 19.2 Å². The quantitative estimate of drug-likeness (QED) is 0.892. The number of hydrogen-bond acceptors (Lipinski definition) is 2. The standard InChI is InChI=1S/C17H27NO/c1-12-6-7-13(2)15(10-12)19-16-11-17(3,4)9-8-14(16)18-5/h6-7,10,14,16,18H,8-9,11H2,1-5H3. The van der Waals surface area contributed by atoms with Crippen molar-refractivity contribution in [2.45, 2.75) is 59.1 Å². The highest BCUT2D eigenvalue weighted by molar-refractivity contribution is 5.36. The zero-order valence-electron chi connectivity index (χ0n) is 12.9. The van der Waals surface area contributed by atoms with Gasteiger partial charge in [0.05, 0.1) is 0 Å². The molecular weight excluding hydrogens is 234 g/mol. The summed E-state index contributed by atoms with van der Waals surface area (Å²) >= 11 is 0. The van der Waals surface area contributed by atoms with Crippen LogP contribution in [0, 0.1) is 19.3 Å². The summed E-state index contributed by atoms with van der Waals surface area (Å²) in [5.41, 5.74) is 2.87. The first-order valence-corrected chi connectivity index (χ1v) is 7.32. The normalized spacial score (nSPS) is 26.2. The monoisotopic (exact) mass is 261 g/mol. The van der Waals surface area contributed by atoms with Crippen LogP contribution in [-0.2, 0) is 0 Å². The SMILES string of the molecule is CNC1CCC(C)(C)CC1Oc1cc(C)ccc1C. The summed E-state index contributed by atoms with van der Waals surface area (Å²) in [6.45, 7) is 8.93. The van der Waals surface area contributed by atoms with Crippen LogP contribution in [0.15, 0.2) is 18.2 Å². The predicted molar refractivity (Wildman–Crippen MR) is 80.8 cm³/mol. The molecular formula is C17H27NO. The van der Waals surface area contributed by atoms with Gasteiger partial charge in [0, 0.05) is 6.04 Å². The third kappa shape index (κ3) is 3.50. The van der Waals surface area contributed by atoms with Crippen LogP contribution in [0.25, 0.3) is 0 Å². The van der Waals surface area contributed by atoms with E-state index in [2.05, 4.69) is 51.2 Å². The zero-order chi connectivity index (χ0) is 14.0. The van der Waals surface area contributed by atoms with Crippen molar-refractivity contribution in [2.75, 3.05) is 7.05 Å². The summed E-state index contributed by atoms with van der Waals surface area (Å²) in [6, 6.07) is 6.91. The van der Waals surface area contributed by atoms with Crippen molar-refractivity contribution >= 4 is 0 Å². The molecule has 2 heteroatoms. The van der Waals surface area contributed by atoms with Gasteiger partial charge in [0.2, 0.25) is 0 Å². The van der Waals surface area contributed by atoms with Gasteiger partial charge in [-0.2, -0.15) is 0 Å². The Hall–Kier alpha value is -1.02. The van der Waals surface area contributed by atoms with Crippen LogP contribution in [0.1, 0.15) is 44.2 Å². The van der Waals surface area contributed by atoms with E-state index in [1.165, 1.54) is 24.0 Å². The van der Waals surface area contributed by atoms with Crippen LogP contribution >= 0.6 is 0 Å². The van der Waals surface area contributed by atoms with E-state index in [9.17, 15) is 0 Å². The smallest absolute Gasteiger partial charge is 0.122 e.